The van der Waals surface area contributed by atoms with Gasteiger partial charge in [0.2, 0.25) is 21.8 Å². The van der Waals surface area contributed by atoms with Gasteiger partial charge in [-0.25, -0.2) is 12.8 Å². The smallest absolute Gasteiger partial charge is 0.242 e. The first kappa shape index (κ1) is 26.3. The number of halogens is 1. The van der Waals surface area contributed by atoms with E-state index in [1.54, 1.807) is 19.9 Å². The van der Waals surface area contributed by atoms with Gasteiger partial charge in [0.1, 0.15) is 11.9 Å². The lowest BCUT2D eigenvalue weighted by molar-refractivity contribution is -0.140. The Morgan fingerprint density at radius 1 is 1.12 bits per heavy atom. The van der Waals surface area contributed by atoms with Gasteiger partial charge < -0.3 is 10.2 Å². The second-order valence-electron chi connectivity index (χ2n) is 7.97. The van der Waals surface area contributed by atoms with E-state index in [4.69, 9.17) is 0 Å². The molecule has 0 radical (unpaired) electrons. The fraction of sp³-hybridized carbons (Fsp3) is 0.417. The van der Waals surface area contributed by atoms with Crippen LogP contribution in [-0.4, -0.2) is 50.5 Å². The van der Waals surface area contributed by atoms with E-state index in [1.165, 1.54) is 23.1 Å². The monoisotopic (exact) mass is 477 g/mol. The number of anilines is 1. The summed E-state index contributed by atoms with van der Waals surface area (Å²) >= 11 is 0. The van der Waals surface area contributed by atoms with Crippen LogP contribution in [0.1, 0.15) is 37.8 Å². The van der Waals surface area contributed by atoms with E-state index in [9.17, 15) is 22.4 Å². The SMILES string of the molecule is CCNC(=O)[C@H](C)N(Cc1cccc(C)c1)C(=O)CCCN(c1ccccc1F)S(C)(=O)=O. The van der Waals surface area contributed by atoms with Gasteiger partial charge in [-0.15, -0.1) is 0 Å². The maximum absolute atomic E-state index is 14.2. The van der Waals surface area contributed by atoms with Gasteiger partial charge in [-0.3, -0.25) is 13.9 Å². The first-order chi connectivity index (χ1) is 15.5. The van der Waals surface area contributed by atoms with E-state index < -0.39 is 21.9 Å². The molecule has 0 aromatic heterocycles. The Morgan fingerprint density at radius 3 is 2.42 bits per heavy atom. The number of rotatable bonds is 11. The highest BCUT2D eigenvalue weighted by Crippen LogP contribution is 2.22. The molecule has 0 spiro atoms. The molecule has 9 heteroatoms. The van der Waals surface area contributed by atoms with Crippen molar-refractivity contribution < 1.29 is 22.4 Å². The fourth-order valence-electron chi connectivity index (χ4n) is 3.55. The van der Waals surface area contributed by atoms with Crippen LogP contribution in [0.3, 0.4) is 0 Å². The Balaban J connectivity index is 2.16. The fourth-order valence-corrected chi connectivity index (χ4v) is 4.51. The number of nitrogens with zero attached hydrogens (tertiary/aromatic N) is 2. The van der Waals surface area contributed by atoms with Gasteiger partial charge in [-0.1, -0.05) is 42.0 Å². The number of carbonyl (C=O) groups is 2. The molecule has 2 aromatic carbocycles. The first-order valence-corrected chi connectivity index (χ1v) is 12.7. The van der Waals surface area contributed by atoms with Gasteiger partial charge in [0, 0.05) is 26.1 Å². The molecule has 180 valence electrons. The van der Waals surface area contributed by atoms with Crippen LogP contribution < -0.4 is 9.62 Å². The summed E-state index contributed by atoms with van der Waals surface area (Å²) in [5, 5.41) is 2.74. The van der Waals surface area contributed by atoms with E-state index >= 15 is 0 Å². The first-order valence-electron chi connectivity index (χ1n) is 10.9. The average Bonchev–Trinajstić information content (AvgIpc) is 2.74. The van der Waals surface area contributed by atoms with Gasteiger partial charge in [-0.05, 0) is 44.9 Å². The standard InChI is InChI=1S/C24H32FN3O4S/c1-5-26-24(30)19(3)27(17-20-11-8-10-18(2)16-20)23(29)14-9-15-28(33(4,31)32)22-13-7-6-12-21(22)25/h6-8,10-13,16,19H,5,9,14-15,17H2,1-4H3,(H,26,30)/t19-/m0/s1. The number of hydrogen-bond donors (Lipinski definition) is 1. The summed E-state index contributed by atoms with van der Waals surface area (Å²) in [5.41, 5.74) is 1.88. The molecule has 0 saturated heterocycles. The molecule has 1 N–H and O–H groups in total. The third kappa shape index (κ3) is 7.56. The number of likely N-dealkylation sites (N-methyl/N-ethyl adjacent to an activating group) is 1. The van der Waals surface area contributed by atoms with Crippen molar-refractivity contribution in [2.45, 2.75) is 46.2 Å². The molecule has 0 aliphatic rings. The summed E-state index contributed by atoms with van der Waals surface area (Å²) in [5.74, 6) is -1.19. The van der Waals surface area contributed by atoms with Crippen LogP contribution in [0.15, 0.2) is 48.5 Å². The summed E-state index contributed by atoms with van der Waals surface area (Å²) in [6.07, 6.45) is 1.19. The van der Waals surface area contributed by atoms with Crippen molar-refractivity contribution in [1.82, 2.24) is 10.2 Å². The number of nitrogens with one attached hydrogen (secondary N) is 1. The predicted molar refractivity (Wildman–Crippen MR) is 128 cm³/mol. The van der Waals surface area contributed by atoms with Crippen molar-refractivity contribution in [1.29, 1.82) is 0 Å². The number of hydrogen-bond acceptors (Lipinski definition) is 4. The zero-order chi connectivity index (χ0) is 24.6. The van der Waals surface area contributed by atoms with Crippen LogP contribution in [0.2, 0.25) is 0 Å². The van der Waals surface area contributed by atoms with Crippen LogP contribution >= 0.6 is 0 Å². The molecule has 2 amide bonds. The van der Waals surface area contributed by atoms with Gasteiger partial charge >= 0.3 is 0 Å². The lowest BCUT2D eigenvalue weighted by atomic mass is 10.1. The van der Waals surface area contributed by atoms with E-state index in [1.807, 2.05) is 31.2 Å². The predicted octanol–water partition coefficient (Wildman–Crippen LogP) is 3.23. The van der Waals surface area contributed by atoms with Crippen LogP contribution in [0, 0.1) is 12.7 Å². The molecule has 2 rings (SSSR count). The molecule has 0 bridgehead atoms. The lowest BCUT2D eigenvalue weighted by Gasteiger charge is -2.29. The summed E-state index contributed by atoms with van der Waals surface area (Å²) in [6, 6.07) is 12.6. The Bertz CT molecular complexity index is 1070. The molecular weight excluding hydrogens is 445 g/mol. The number of carbonyl (C=O) groups excluding carboxylic acids is 2. The van der Waals surface area contributed by atoms with Gasteiger partial charge in [-0.2, -0.15) is 0 Å². The third-order valence-electron chi connectivity index (χ3n) is 5.23. The number of para-hydroxylation sites is 1. The average molecular weight is 478 g/mol. The molecule has 0 unspecified atom stereocenters. The molecule has 33 heavy (non-hydrogen) atoms. The topological polar surface area (TPSA) is 86.8 Å². The Morgan fingerprint density at radius 2 is 1.82 bits per heavy atom. The van der Waals surface area contributed by atoms with Gasteiger partial charge in [0.05, 0.1) is 11.9 Å². The highest BCUT2D eigenvalue weighted by molar-refractivity contribution is 7.92. The Hall–Kier alpha value is -2.94. The summed E-state index contributed by atoms with van der Waals surface area (Å²) in [6.45, 7) is 6.06. The van der Waals surface area contributed by atoms with Crippen molar-refractivity contribution in [2.75, 3.05) is 23.7 Å². The molecule has 0 fully saturated rings. The molecule has 0 aliphatic carbocycles. The molecule has 2 aromatic rings. The van der Waals surface area contributed by atoms with E-state index in [0.29, 0.717) is 6.54 Å². The van der Waals surface area contributed by atoms with Crippen LogP contribution in [0.5, 0.6) is 0 Å². The van der Waals surface area contributed by atoms with Crippen molar-refractivity contribution in [3.05, 3.63) is 65.5 Å². The van der Waals surface area contributed by atoms with E-state index in [-0.39, 0.29) is 43.4 Å². The highest BCUT2D eigenvalue weighted by atomic mass is 32.2. The zero-order valence-corrected chi connectivity index (χ0v) is 20.4. The second-order valence-corrected chi connectivity index (χ2v) is 9.88. The summed E-state index contributed by atoms with van der Waals surface area (Å²) < 4.78 is 39.7. The molecular formula is C24H32FN3O4S. The molecule has 0 aliphatic heterocycles. The zero-order valence-electron chi connectivity index (χ0n) is 19.5. The number of aryl methyl sites for hydroxylation is 1. The van der Waals surface area contributed by atoms with Crippen LogP contribution in [-0.2, 0) is 26.2 Å². The van der Waals surface area contributed by atoms with E-state index in [2.05, 4.69) is 5.32 Å². The maximum Gasteiger partial charge on any atom is 0.242 e. The molecule has 0 heterocycles. The Kier molecular flexibility index (Phi) is 9.40. The van der Waals surface area contributed by atoms with Gasteiger partial charge in [0.25, 0.3) is 0 Å². The number of amides is 2. The highest BCUT2D eigenvalue weighted by Gasteiger charge is 2.26. The molecule has 1 atom stereocenters. The van der Waals surface area contributed by atoms with Gasteiger partial charge in [0.15, 0.2) is 0 Å². The Labute approximate surface area is 195 Å². The molecule has 0 saturated carbocycles. The van der Waals surface area contributed by atoms with Crippen molar-refractivity contribution >= 4 is 27.5 Å². The lowest BCUT2D eigenvalue weighted by Crippen LogP contribution is -2.47. The number of sulfonamides is 1. The minimum absolute atomic E-state index is 0.00995. The quantitative estimate of drug-likeness (QED) is 0.538. The van der Waals surface area contributed by atoms with Crippen LogP contribution in [0.25, 0.3) is 0 Å². The maximum atomic E-state index is 14.2. The van der Waals surface area contributed by atoms with Crippen molar-refractivity contribution in [2.24, 2.45) is 0 Å². The van der Waals surface area contributed by atoms with Crippen molar-refractivity contribution in [3.63, 3.8) is 0 Å². The molecule has 7 nitrogen and oxygen atoms in total. The number of benzene rings is 2. The minimum atomic E-state index is -3.74. The van der Waals surface area contributed by atoms with Crippen molar-refractivity contribution in [3.8, 4) is 0 Å². The normalized spacial score (nSPS) is 12.2. The summed E-state index contributed by atoms with van der Waals surface area (Å²) in [7, 11) is -3.74. The largest absolute Gasteiger partial charge is 0.355 e. The van der Waals surface area contributed by atoms with Crippen LogP contribution in [0.4, 0.5) is 10.1 Å². The third-order valence-corrected chi connectivity index (χ3v) is 6.41. The second kappa shape index (κ2) is 11.8. The minimum Gasteiger partial charge on any atom is -0.355 e. The summed E-state index contributed by atoms with van der Waals surface area (Å²) in [4.78, 5) is 27.1. The van der Waals surface area contributed by atoms with E-state index in [0.717, 1.165) is 21.7 Å².